The lowest BCUT2D eigenvalue weighted by atomic mass is 10.1. The Morgan fingerprint density at radius 2 is 2.00 bits per heavy atom. The first-order valence-corrected chi connectivity index (χ1v) is 11.4. The van der Waals surface area contributed by atoms with Gasteiger partial charge in [-0.05, 0) is 55.2 Å². The third-order valence-corrected chi connectivity index (χ3v) is 6.64. The Bertz CT molecular complexity index is 1150. The quantitative estimate of drug-likeness (QED) is 0.733. The van der Waals surface area contributed by atoms with Crippen LogP contribution in [0.2, 0.25) is 0 Å². The van der Waals surface area contributed by atoms with E-state index in [0.717, 1.165) is 18.1 Å². The molecule has 2 amide bonds. The number of fused-ring (bicyclic) bond motifs is 1. The van der Waals surface area contributed by atoms with Gasteiger partial charge in [-0.25, -0.2) is 12.8 Å². The van der Waals surface area contributed by atoms with Crippen LogP contribution in [0.4, 0.5) is 21.5 Å². The number of carbonyl (C=O) groups excluding carboxylic acids is 2. The second-order valence-electron chi connectivity index (χ2n) is 7.51. The van der Waals surface area contributed by atoms with Crippen LogP contribution in [0.25, 0.3) is 0 Å². The van der Waals surface area contributed by atoms with Gasteiger partial charge in [0.1, 0.15) is 11.9 Å². The molecule has 2 aliphatic heterocycles. The van der Waals surface area contributed by atoms with Crippen LogP contribution in [-0.4, -0.2) is 39.5 Å². The Morgan fingerprint density at radius 1 is 1.19 bits per heavy atom. The first-order valence-electron chi connectivity index (χ1n) is 9.90. The Kier molecular flexibility index (Phi) is 5.67. The molecule has 0 aromatic heterocycles. The van der Waals surface area contributed by atoms with Crippen molar-refractivity contribution in [2.75, 3.05) is 28.1 Å². The number of ether oxygens (including phenoxy) is 1. The summed E-state index contributed by atoms with van der Waals surface area (Å²) in [5.41, 5.74) is 1.75. The molecule has 1 atom stereocenters. The van der Waals surface area contributed by atoms with Crippen molar-refractivity contribution < 1.29 is 27.1 Å². The fraction of sp³-hybridized carbons (Fsp3) is 0.333. The molecule has 0 aliphatic carbocycles. The third kappa shape index (κ3) is 4.40. The second-order valence-corrected chi connectivity index (χ2v) is 9.20. The number of anilines is 3. The van der Waals surface area contributed by atoms with Crippen molar-refractivity contribution in [3.8, 4) is 0 Å². The van der Waals surface area contributed by atoms with Crippen LogP contribution in [0.3, 0.4) is 0 Å². The van der Waals surface area contributed by atoms with Crippen molar-refractivity contribution in [2.24, 2.45) is 0 Å². The summed E-state index contributed by atoms with van der Waals surface area (Å²) < 4.78 is 47.6. The van der Waals surface area contributed by atoms with Gasteiger partial charge < -0.3 is 15.0 Å². The Hall–Kier alpha value is -2.98. The molecule has 1 fully saturated rings. The number of nitrogens with one attached hydrogen (secondary N) is 2. The highest BCUT2D eigenvalue weighted by atomic mass is 32.2. The van der Waals surface area contributed by atoms with Crippen LogP contribution in [0.5, 0.6) is 0 Å². The summed E-state index contributed by atoms with van der Waals surface area (Å²) in [6.45, 7) is 2.31. The first kappa shape index (κ1) is 21.3. The summed E-state index contributed by atoms with van der Waals surface area (Å²) in [6.07, 6.45) is 1.73. The lowest BCUT2D eigenvalue weighted by Gasteiger charge is -2.21. The molecule has 1 unspecified atom stereocenters. The highest BCUT2D eigenvalue weighted by molar-refractivity contribution is 7.92. The van der Waals surface area contributed by atoms with Crippen LogP contribution in [0.15, 0.2) is 41.3 Å². The predicted octanol–water partition coefficient (Wildman–Crippen LogP) is 2.65. The van der Waals surface area contributed by atoms with Gasteiger partial charge in [0, 0.05) is 25.8 Å². The van der Waals surface area contributed by atoms with Gasteiger partial charge in [-0.3, -0.25) is 14.3 Å². The molecule has 0 bridgehead atoms. The molecule has 164 valence electrons. The van der Waals surface area contributed by atoms with E-state index in [1.54, 1.807) is 23.1 Å². The molecule has 0 saturated carbocycles. The van der Waals surface area contributed by atoms with Gasteiger partial charge in [0.15, 0.2) is 0 Å². The smallest absolute Gasteiger partial charge is 0.261 e. The van der Waals surface area contributed by atoms with Gasteiger partial charge in [-0.15, -0.1) is 0 Å². The molecule has 2 aliphatic rings. The summed E-state index contributed by atoms with van der Waals surface area (Å²) in [7, 11) is -4.08. The zero-order chi connectivity index (χ0) is 22.2. The van der Waals surface area contributed by atoms with Gasteiger partial charge in [0.05, 0.1) is 16.3 Å². The van der Waals surface area contributed by atoms with Crippen LogP contribution in [0, 0.1) is 5.82 Å². The van der Waals surface area contributed by atoms with E-state index in [0.29, 0.717) is 31.7 Å². The van der Waals surface area contributed by atoms with Crippen LogP contribution in [0.1, 0.15) is 25.3 Å². The molecule has 0 radical (unpaired) electrons. The summed E-state index contributed by atoms with van der Waals surface area (Å²) in [5, 5.41) is 2.29. The number of sulfonamides is 1. The number of hydrogen-bond donors (Lipinski definition) is 2. The van der Waals surface area contributed by atoms with Gasteiger partial charge >= 0.3 is 0 Å². The highest BCUT2D eigenvalue weighted by Gasteiger charge is 2.33. The predicted molar refractivity (Wildman–Crippen MR) is 113 cm³/mol. The molecular formula is C21H22FN3O5S. The Balaban J connectivity index is 1.56. The van der Waals surface area contributed by atoms with Crippen molar-refractivity contribution in [2.45, 2.75) is 37.2 Å². The Morgan fingerprint density at radius 3 is 2.68 bits per heavy atom. The minimum atomic E-state index is -4.08. The van der Waals surface area contributed by atoms with Crippen molar-refractivity contribution in [3.05, 3.63) is 47.8 Å². The van der Waals surface area contributed by atoms with Gasteiger partial charge in [-0.1, -0.05) is 6.07 Å². The maximum Gasteiger partial charge on any atom is 0.261 e. The monoisotopic (exact) mass is 447 g/mol. The topological polar surface area (TPSA) is 105 Å². The lowest BCUT2D eigenvalue weighted by Crippen LogP contribution is -2.37. The normalized spacial score (nSPS) is 18.0. The highest BCUT2D eigenvalue weighted by Crippen LogP contribution is 2.33. The summed E-state index contributed by atoms with van der Waals surface area (Å²) in [5.74, 6) is -1.44. The van der Waals surface area contributed by atoms with Crippen molar-refractivity contribution >= 4 is 38.9 Å². The van der Waals surface area contributed by atoms with Gasteiger partial charge in [-0.2, -0.15) is 0 Å². The fourth-order valence-corrected chi connectivity index (χ4v) is 4.85. The first-order chi connectivity index (χ1) is 14.7. The zero-order valence-corrected chi connectivity index (χ0v) is 17.7. The number of hydrogen-bond acceptors (Lipinski definition) is 5. The number of carbonyl (C=O) groups is 2. The Labute approximate surface area is 179 Å². The number of nitrogens with zero attached hydrogens (tertiary/aromatic N) is 1. The molecule has 0 spiro atoms. The molecule has 1 saturated heterocycles. The van der Waals surface area contributed by atoms with E-state index >= 15 is 0 Å². The maximum absolute atomic E-state index is 14.2. The van der Waals surface area contributed by atoms with E-state index in [4.69, 9.17) is 4.74 Å². The van der Waals surface area contributed by atoms with E-state index in [9.17, 15) is 22.4 Å². The molecule has 31 heavy (non-hydrogen) atoms. The third-order valence-electron chi connectivity index (χ3n) is 5.27. The average molecular weight is 447 g/mol. The molecule has 8 nitrogen and oxygen atoms in total. The van der Waals surface area contributed by atoms with E-state index in [1.807, 2.05) is 0 Å². The fourth-order valence-electron chi connectivity index (χ4n) is 3.79. The maximum atomic E-state index is 14.2. The summed E-state index contributed by atoms with van der Waals surface area (Å²) in [6, 6.07) is 8.23. The van der Waals surface area contributed by atoms with E-state index in [-0.39, 0.29) is 22.2 Å². The molecule has 2 N–H and O–H groups in total. The van der Waals surface area contributed by atoms with E-state index in [2.05, 4.69) is 10.0 Å². The SMILES string of the molecule is CC(=O)Nc1ccc(S(=O)(=O)Nc2ccc3c(c2)N(C(=O)C2CCCO2)CC3)cc1F. The van der Waals surface area contributed by atoms with Crippen molar-refractivity contribution in [1.82, 2.24) is 0 Å². The molecule has 2 aromatic rings. The van der Waals surface area contributed by atoms with Crippen LogP contribution >= 0.6 is 0 Å². The van der Waals surface area contributed by atoms with E-state index in [1.165, 1.54) is 19.1 Å². The van der Waals surface area contributed by atoms with E-state index < -0.39 is 27.9 Å². The lowest BCUT2D eigenvalue weighted by molar-refractivity contribution is -0.127. The number of halogens is 1. The minimum Gasteiger partial charge on any atom is -0.368 e. The van der Waals surface area contributed by atoms with Gasteiger partial charge in [0.2, 0.25) is 5.91 Å². The van der Waals surface area contributed by atoms with Gasteiger partial charge in [0.25, 0.3) is 15.9 Å². The van der Waals surface area contributed by atoms with Crippen molar-refractivity contribution in [3.63, 3.8) is 0 Å². The standard InChI is InChI=1S/C21H22FN3O5S/c1-13(26)23-18-7-6-16(12-17(18)22)31(28,29)24-15-5-4-14-8-9-25(19(14)11-15)21(27)20-3-2-10-30-20/h4-7,11-12,20,24H,2-3,8-10H2,1H3,(H,23,26). The largest absolute Gasteiger partial charge is 0.368 e. The summed E-state index contributed by atoms with van der Waals surface area (Å²) in [4.78, 5) is 25.2. The average Bonchev–Trinajstić information content (AvgIpc) is 3.38. The molecule has 4 rings (SSSR count). The zero-order valence-electron chi connectivity index (χ0n) is 16.9. The minimum absolute atomic E-state index is 0.104. The number of amides is 2. The van der Waals surface area contributed by atoms with Crippen LogP contribution in [-0.2, 0) is 30.8 Å². The molecule has 10 heteroatoms. The van der Waals surface area contributed by atoms with Crippen molar-refractivity contribution in [1.29, 1.82) is 0 Å². The van der Waals surface area contributed by atoms with Crippen LogP contribution < -0.4 is 14.9 Å². The molecule has 2 heterocycles. The summed E-state index contributed by atoms with van der Waals surface area (Å²) >= 11 is 0. The number of rotatable bonds is 5. The molecule has 2 aromatic carbocycles. The second kappa shape index (κ2) is 8.27. The number of benzene rings is 2. The molecular weight excluding hydrogens is 425 g/mol.